The first-order valence-corrected chi connectivity index (χ1v) is 7.89. The fraction of sp³-hybridized carbons (Fsp3) is 0. The maximum Gasteiger partial charge on any atom is 1.00 e. The molecule has 0 saturated heterocycles. The summed E-state index contributed by atoms with van der Waals surface area (Å²) in [4.78, 5) is -1.19. The summed E-state index contributed by atoms with van der Waals surface area (Å²) in [5.74, 6) is -0.547. The van der Waals surface area contributed by atoms with Crippen LogP contribution in [0.1, 0.15) is 1.43 Å². The number of rotatable bonds is 2. The van der Waals surface area contributed by atoms with Crippen molar-refractivity contribution < 1.29 is 67.5 Å². The fourth-order valence-electron chi connectivity index (χ4n) is 1.77. The van der Waals surface area contributed by atoms with Crippen molar-refractivity contribution in [1.82, 2.24) is 0 Å². The molecule has 118 valence electrons. The van der Waals surface area contributed by atoms with Crippen LogP contribution in [0.3, 0.4) is 0 Å². The van der Waals surface area contributed by atoms with Crippen LogP contribution in [0.25, 0.3) is 10.8 Å². The molecular weight excluding hydrogens is 349 g/mol. The summed E-state index contributed by atoms with van der Waals surface area (Å²) in [6, 6.07) is 3.55. The quantitative estimate of drug-likeness (QED) is 0.246. The first-order chi connectivity index (χ1) is 9.00. The van der Waals surface area contributed by atoms with Gasteiger partial charge in [0, 0.05) is 17.1 Å². The Labute approximate surface area is 149 Å². The minimum absolute atomic E-state index is 0. The van der Waals surface area contributed by atoms with E-state index < -0.39 is 35.8 Å². The van der Waals surface area contributed by atoms with Crippen molar-refractivity contribution in [2.24, 2.45) is 0 Å². The largest absolute Gasteiger partial charge is 1.00 e. The van der Waals surface area contributed by atoms with Gasteiger partial charge >= 0.3 is 29.6 Å². The van der Waals surface area contributed by atoms with Gasteiger partial charge in [0.2, 0.25) is 0 Å². The number of hydrogen-bond donors (Lipinski definition) is 4. The van der Waals surface area contributed by atoms with Gasteiger partial charge < -0.3 is 17.7 Å². The second kappa shape index (κ2) is 6.68. The van der Waals surface area contributed by atoms with Crippen molar-refractivity contribution in [3.63, 3.8) is 0 Å². The molecule has 7 N–H and O–H groups in total. The van der Waals surface area contributed by atoms with Crippen LogP contribution < -0.4 is 35.3 Å². The predicted molar refractivity (Wildman–Crippen MR) is 74.4 cm³/mol. The van der Waals surface area contributed by atoms with Gasteiger partial charge in [-0.05, 0) is 23.6 Å². The molecule has 0 aliphatic carbocycles. The monoisotopic (exact) mass is 361 g/mol. The van der Waals surface area contributed by atoms with E-state index in [0.717, 1.165) is 24.3 Å². The van der Waals surface area contributed by atoms with Crippen molar-refractivity contribution >= 4 is 36.7 Å². The van der Waals surface area contributed by atoms with Crippen LogP contribution in [0.4, 0.5) is 5.69 Å². The third kappa shape index (κ3) is 4.08. The molecule has 0 amide bonds. The standard InChI is InChI=1S/C10H9NO7S2.Na.H2O.H/c11-8-3-6(19(13,14)15)1-5-2-7(20(16,17)18)4-9(12)10(5)8;;;/h1-4,12H,11H2,(H,13,14,15)(H,16,17,18);;1H2;/q;+1;;-1. The molecule has 0 spiro atoms. The SMILES string of the molecule is Nc1cc(S(=O)(=O)O)cc2cc(S(=O)(=O)O)cc(O)c12.O.[H-].[Na+]. The van der Waals surface area contributed by atoms with Crippen LogP contribution in [-0.2, 0) is 20.2 Å². The maximum absolute atomic E-state index is 11.1. The second-order valence-corrected chi connectivity index (χ2v) is 6.85. The molecule has 0 atom stereocenters. The van der Waals surface area contributed by atoms with E-state index in [1.165, 1.54) is 0 Å². The molecule has 0 aliphatic rings. The Morgan fingerprint density at radius 1 is 0.909 bits per heavy atom. The molecule has 0 radical (unpaired) electrons. The molecular formula is C10H12NNaO8S2. The van der Waals surface area contributed by atoms with E-state index in [0.29, 0.717) is 0 Å². The van der Waals surface area contributed by atoms with Crippen LogP contribution in [0.15, 0.2) is 34.1 Å². The van der Waals surface area contributed by atoms with Crippen LogP contribution in [0, 0.1) is 0 Å². The molecule has 0 saturated carbocycles. The van der Waals surface area contributed by atoms with Crippen molar-refractivity contribution in [2.75, 3.05) is 5.73 Å². The van der Waals surface area contributed by atoms with E-state index in [9.17, 15) is 21.9 Å². The van der Waals surface area contributed by atoms with Crippen LogP contribution in [0.2, 0.25) is 0 Å². The number of aromatic hydroxyl groups is 1. The zero-order valence-corrected chi connectivity index (χ0v) is 14.8. The Morgan fingerprint density at radius 2 is 1.32 bits per heavy atom. The van der Waals surface area contributed by atoms with Gasteiger partial charge in [-0.3, -0.25) is 9.11 Å². The first-order valence-electron chi connectivity index (χ1n) is 5.01. The molecule has 2 aromatic rings. The molecule has 12 heteroatoms. The minimum atomic E-state index is -4.59. The Balaban J connectivity index is 0. The molecule has 0 aliphatic heterocycles. The van der Waals surface area contributed by atoms with Gasteiger partial charge in [0.15, 0.2) is 0 Å². The van der Waals surface area contributed by atoms with Crippen LogP contribution in [0.5, 0.6) is 5.75 Å². The molecule has 2 rings (SSSR count). The number of hydrogen-bond acceptors (Lipinski definition) is 6. The number of nitrogens with two attached hydrogens (primary N) is 1. The van der Waals surface area contributed by atoms with Crippen molar-refractivity contribution in [3.8, 4) is 5.75 Å². The number of anilines is 1. The minimum Gasteiger partial charge on any atom is -1.00 e. The average molecular weight is 361 g/mol. The van der Waals surface area contributed by atoms with Gasteiger partial charge in [0.05, 0.1) is 9.79 Å². The third-order valence-corrected chi connectivity index (χ3v) is 4.26. The van der Waals surface area contributed by atoms with E-state index in [-0.39, 0.29) is 52.9 Å². The predicted octanol–water partition coefficient (Wildman–Crippen LogP) is -3.09. The first kappa shape index (κ1) is 21.1. The Morgan fingerprint density at radius 3 is 1.73 bits per heavy atom. The number of benzene rings is 2. The molecule has 0 heterocycles. The zero-order valence-electron chi connectivity index (χ0n) is 12.2. The molecule has 0 fully saturated rings. The molecule has 0 aromatic heterocycles. The van der Waals surface area contributed by atoms with Gasteiger partial charge in [-0.25, -0.2) is 0 Å². The summed E-state index contributed by atoms with van der Waals surface area (Å²) in [7, 11) is -9.14. The fourth-order valence-corrected chi connectivity index (χ4v) is 2.86. The average Bonchev–Trinajstić information content (AvgIpc) is 2.25. The van der Waals surface area contributed by atoms with Crippen molar-refractivity contribution in [3.05, 3.63) is 24.3 Å². The normalized spacial score (nSPS) is 11.5. The summed E-state index contributed by atoms with van der Waals surface area (Å²) in [5.41, 5.74) is 5.39. The summed E-state index contributed by atoms with van der Waals surface area (Å²) >= 11 is 0. The molecule has 0 bridgehead atoms. The number of phenols is 1. The van der Waals surface area contributed by atoms with Crippen LogP contribution in [-0.4, -0.2) is 36.5 Å². The zero-order chi connectivity index (χ0) is 15.3. The van der Waals surface area contributed by atoms with E-state index in [2.05, 4.69) is 0 Å². The third-order valence-electron chi connectivity index (χ3n) is 2.60. The summed E-state index contributed by atoms with van der Waals surface area (Å²) in [6.45, 7) is 0. The van der Waals surface area contributed by atoms with E-state index in [1.54, 1.807) is 0 Å². The van der Waals surface area contributed by atoms with Gasteiger partial charge in [-0.1, -0.05) is 0 Å². The van der Waals surface area contributed by atoms with Gasteiger partial charge in [0.1, 0.15) is 5.75 Å². The number of fused-ring (bicyclic) bond motifs is 1. The Kier molecular flexibility index (Phi) is 6.40. The summed E-state index contributed by atoms with van der Waals surface area (Å²) < 4.78 is 62.1. The number of nitrogen functional groups attached to an aromatic ring is 1. The number of phenolic OH excluding ortho intramolecular Hbond substituents is 1. The van der Waals surface area contributed by atoms with Crippen molar-refractivity contribution in [1.29, 1.82) is 0 Å². The molecule has 9 nitrogen and oxygen atoms in total. The van der Waals surface area contributed by atoms with Crippen molar-refractivity contribution in [2.45, 2.75) is 9.79 Å². The topological polar surface area (TPSA) is 186 Å². The molecule has 2 aromatic carbocycles. The molecule has 22 heavy (non-hydrogen) atoms. The molecule has 0 unspecified atom stereocenters. The van der Waals surface area contributed by atoms with Gasteiger partial charge in [-0.15, -0.1) is 0 Å². The van der Waals surface area contributed by atoms with E-state index >= 15 is 0 Å². The summed E-state index contributed by atoms with van der Waals surface area (Å²) in [5, 5.41) is 9.66. The second-order valence-electron chi connectivity index (χ2n) is 4.00. The van der Waals surface area contributed by atoms with Gasteiger partial charge in [0.25, 0.3) is 20.2 Å². The van der Waals surface area contributed by atoms with Gasteiger partial charge in [-0.2, -0.15) is 16.8 Å². The Hall–Kier alpha value is -0.920. The maximum atomic E-state index is 11.1. The smallest absolute Gasteiger partial charge is 1.00 e. The van der Waals surface area contributed by atoms with E-state index in [1.807, 2.05) is 0 Å². The Bertz CT molecular complexity index is 857. The van der Waals surface area contributed by atoms with Crippen LogP contribution >= 0.6 is 0 Å². The van der Waals surface area contributed by atoms with E-state index in [4.69, 9.17) is 14.8 Å². The summed E-state index contributed by atoms with van der Waals surface area (Å²) in [6.07, 6.45) is 0.